The number of rotatable bonds is 10. The summed E-state index contributed by atoms with van der Waals surface area (Å²) >= 11 is 7.34. The highest BCUT2D eigenvalue weighted by Crippen LogP contribution is 2.27. The van der Waals surface area contributed by atoms with Crippen LogP contribution >= 0.6 is 22.9 Å². The number of halogens is 1. The Morgan fingerprint density at radius 1 is 0.957 bits per heavy atom. The highest BCUT2D eigenvalue weighted by Gasteiger charge is 2.25. The molecule has 11 heteroatoms. The zero-order valence-corrected chi connectivity index (χ0v) is 27.5. The highest BCUT2D eigenvalue weighted by molar-refractivity contribution is 7.17. The van der Waals surface area contributed by atoms with E-state index >= 15 is 0 Å². The van der Waals surface area contributed by atoms with Crippen LogP contribution in [0.5, 0.6) is 5.75 Å². The summed E-state index contributed by atoms with van der Waals surface area (Å²) in [7, 11) is 0. The minimum absolute atomic E-state index is 0.0127. The Morgan fingerprint density at radius 3 is 2.32 bits per heavy atom. The van der Waals surface area contributed by atoms with Gasteiger partial charge in [-0.2, -0.15) is 5.26 Å². The van der Waals surface area contributed by atoms with E-state index in [1.807, 2.05) is 64.9 Å². The Bertz CT molecular complexity index is 1870. The molecule has 0 radical (unpaired) electrons. The summed E-state index contributed by atoms with van der Waals surface area (Å²) in [6.45, 7) is 5.95. The fourth-order valence-corrected chi connectivity index (χ4v) is 6.57. The van der Waals surface area contributed by atoms with Gasteiger partial charge in [-0.1, -0.05) is 23.7 Å². The van der Waals surface area contributed by atoms with Crippen molar-refractivity contribution in [3.63, 3.8) is 0 Å². The summed E-state index contributed by atoms with van der Waals surface area (Å²) in [6.07, 6.45) is 3.54. The number of imidazole rings is 1. The average molecular weight is 665 g/mol. The van der Waals surface area contributed by atoms with Gasteiger partial charge in [-0.05, 0) is 85.3 Å². The molecule has 1 fully saturated rings. The minimum atomic E-state index is -0.146. The molecule has 1 aliphatic rings. The van der Waals surface area contributed by atoms with Gasteiger partial charge in [0, 0.05) is 55.9 Å². The zero-order valence-electron chi connectivity index (χ0n) is 25.9. The van der Waals surface area contributed by atoms with E-state index in [1.165, 1.54) is 11.3 Å². The molecule has 0 atom stereocenters. The predicted octanol–water partition coefficient (Wildman–Crippen LogP) is 6.73. The first-order valence-corrected chi connectivity index (χ1v) is 16.5. The third-order valence-electron chi connectivity index (χ3n) is 8.09. The van der Waals surface area contributed by atoms with Gasteiger partial charge in [-0.25, -0.2) is 4.98 Å². The third-order valence-corrected chi connectivity index (χ3v) is 9.31. The van der Waals surface area contributed by atoms with Crippen LogP contribution in [-0.2, 0) is 13.1 Å². The number of benzene rings is 3. The Hall–Kier alpha value is -5.11. The van der Waals surface area contributed by atoms with Crippen LogP contribution in [0.15, 0.2) is 97.5 Å². The number of amides is 2. The molecule has 0 saturated carbocycles. The molecule has 3 aromatic carbocycles. The maximum Gasteiger partial charge on any atom is 0.264 e. The molecule has 0 bridgehead atoms. The summed E-state index contributed by atoms with van der Waals surface area (Å²) in [5.74, 6) is 0.577. The van der Waals surface area contributed by atoms with Gasteiger partial charge in [0.15, 0.2) is 0 Å². The van der Waals surface area contributed by atoms with Crippen LogP contribution in [0.3, 0.4) is 0 Å². The number of nitrogens with zero attached hydrogens (tertiary/aromatic N) is 6. The van der Waals surface area contributed by atoms with Gasteiger partial charge in [-0.3, -0.25) is 9.59 Å². The van der Waals surface area contributed by atoms with Crippen LogP contribution in [0.4, 0.5) is 11.4 Å². The predicted molar refractivity (Wildman–Crippen MR) is 184 cm³/mol. The Morgan fingerprint density at radius 2 is 1.68 bits per heavy atom. The molecule has 2 aromatic heterocycles. The molecule has 2 amide bonds. The largest absolute Gasteiger partial charge is 0.494 e. The molecular weight excluding hydrogens is 632 g/mol. The van der Waals surface area contributed by atoms with E-state index in [9.17, 15) is 9.59 Å². The number of carbonyl (C=O) groups excluding carboxylic acids is 2. The standard InChI is InChI=1S/C36H33ClN6O3S/c1-2-46-32-13-7-28(8-14-32)35(44)43(24-31-22-39-25-42(31)23-27-5-3-26(21-38)4-6-27)30-11-9-29(10-12-30)40-17-19-41(20-18-40)36(45)33-15-16-34(37)47-33/h3-16,22,25H,2,17-20,23-24H2,1H3. The summed E-state index contributed by atoms with van der Waals surface area (Å²) in [4.78, 5) is 37.9. The summed E-state index contributed by atoms with van der Waals surface area (Å²) in [5, 5.41) is 9.16. The minimum Gasteiger partial charge on any atom is -0.494 e. The molecule has 0 aliphatic carbocycles. The van der Waals surface area contributed by atoms with Crippen molar-refractivity contribution in [3.05, 3.63) is 129 Å². The van der Waals surface area contributed by atoms with E-state index in [0.29, 0.717) is 72.0 Å². The van der Waals surface area contributed by atoms with Gasteiger partial charge in [0.1, 0.15) is 5.75 Å². The monoisotopic (exact) mass is 664 g/mol. The number of ether oxygens (including phenoxy) is 1. The first-order chi connectivity index (χ1) is 22.9. The number of aromatic nitrogens is 2. The van der Waals surface area contributed by atoms with Gasteiger partial charge < -0.3 is 24.0 Å². The number of anilines is 2. The fraction of sp³-hybridized carbons (Fsp3) is 0.222. The molecule has 1 aliphatic heterocycles. The van der Waals surface area contributed by atoms with Crippen molar-refractivity contribution in [3.8, 4) is 11.8 Å². The first kappa shape index (κ1) is 31.9. The smallest absolute Gasteiger partial charge is 0.264 e. The van der Waals surface area contributed by atoms with E-state index < -0.39 is 0 Å². The molecule has 47 heavy (non-hydrogen) atoms. The van der Waals surface area contributed by atoms with Crippen LogP contribution in [0.2, 0.25) is 4.34 Å². The summed E-state index contributed by atoms with van der Waals surface area (Å²) in [6, 6.07) is 28.3. The van der Waals surface area contributed by atoms with Crippen molar-refractivity contribution < 1.29 is 14.3 Å². The lowest BCUT2D eigenvalue weighted by atomic mass is 10.1. The van der Waals surface area contributed by atoms with Gasteiger partial charge in [0.2, 0.25) is 0 Å². The molecule has 0 N–H and O–H groups in total. The average Bonchev–Trinajstić information content (AvgIpc) is 3.76. The molecule has 5 aromatic rings. The number of hydrogen-bond donors (Lipinski definition) is 0. The van der Waals surface area contributed by atoms with Crippen molar-refractivity contribution in [1.82, 2.24) is 14.5 Å². The van der Waals surface area contributed by atoms with Crippen LogP contribution in [0.1, 0.15) is 43.8 Å². The number of nitriles is 1. The normalized spacial score (nSPS) is 12.9. The zero-order chi connectivity index (χ0) is 32.8. The molecule has 3 heterocycles. The Labute approximate surface area is 282 Å². The summed E-state index contributed by atoms with van der Waals surface area (Å²) in [5.41, 5.74) is 4.82. The fourth-order valence-electron chi connectivity index (χ4n) is 5.56. The lowest BCUT2D eigenvalue weighted by Gasteiger charge is -2.36. The first-order valence-electron chi connectivity index (χ1n) is 15.3. The number of carbonyl (C=O) groups is 2. The van der Waals surface area contributed by atoms with E-state index in [2.05, 4.69) is 16.0 Å². The van der Waals surface area contributed by atoms with Crippen molar-refractivity contribution in [2.45, 2.75) is 20.0 Å². The molecule has 9 nitrogen and oxygen atoms in total. The van der Waals surface area contributed by atoms with Crippen molar-refractivity contribution in [2.75, 3.05) is 42.6 Å². The molecule has 238 valence electrons. The molecule has 0 spiro atoms. The van der Waals surface area contributed by atoms with Crippen molar-refractivity contribution >= 4 is 46.1 Å². The second-order valence-electron chi connectivity index (χ2n) is 11.1. The van der Waals surface area contributed by atoms with E-state index in [0.717, 1.165) is 22.6 Å². The van der Waals surface area contributed by atoms with Crippen LogP contribution in [0.25, 0.3) is 0 Å². The lowest BCUT2D eigenvalue weighted by Crippen LogP contribution is -2.48. The van der Waals surface area contributed by atoms with Crippen LogP contribution in [0, 0.1) is 11.3 Å². The Balaban J connectivity index is 1.20. The third kappa shape index (κ3) is 7.49. The maximum atomic E-state index is 14.1. The van der Waals surface area contributed by atoms with E-state index in [1.54, 1.807) is 53.8 Å². The second kappa shape index (κ2) is 14.5. The summed E-state index contributed by atoms with van der Waals surface area (Å²) < 4.78 is 8.21. The number of thiophene rings is 1. The van der Waals surface area contributed by atoms with E-state index in [-0.39, 0.29) is 11.8 Å². The Kier molecular flexibility index (Phi) is 9.86. The van der Waals surface area contributed by atoms with Crippen molar-refractivity contribution in [1.29, 1.82) is 5.26 Å². The van der Waals surface area contributed by atoms with Gasteiger partial charge in [-0.15, -0.1) is 11.3 Å². The molecular formula is C36H33ClN6O3S. The molecule has 0 unspecified atom stereocenters. The quantitative estimate of drug-likeness (QED) is 0.164. The second-order valence-corrected chi connectivity index (χ2v) is 12.8. The van der Waals surface area contributed by atoms with Gasteiger partial charge in [0.25, 0.3) is 11.8 Å². The van der Waals surface area contributed by atoms with Gasteiger partial charge >= 0.3 is 0 Å². The lowest BCUT2D eigenvalue weighted by molar-refractivity contribution is 0.0751. The maximum absolute atomic E-state index is 14.1. The van der Waals surface area contributed by atoms with Crippen LogP contribution in [-0.4, -0.2) is 59.1 Å². The van der Waals surface area contributed by atoms with Gasteiger partial charge in [0.05, 0.1) is 46.0 Å². The number of piperazine rings is 1. The SMILES string of the molecule is CCOc1ccc(C(=O)N(Cc2cncn2Cc2ccc(C#N)cc2)c2ccc(N3CCN(C(=O)c4ccc(Cl)s4)CC3)cc2)cc1. The molecule has 1 saturated heterocycles. The topological polar surface area (TPSA) is 94.7 Å². The highest BCUT2D eigenvalue weighted by atomic mass is 35.5. The van der Waals surface area contributed by atoms with Crippen molar-refractivity contribution in [2.24, 2.45) is 0 Å². The van der Waals surface area contributed by atoms with Crippen LogP contribution < -0.4 is 14.5 Å². The van der Waals surface area contributed by atoms with E-state index in [4.69, 9.17) is 21.6 Å². The molecule has 6 rings (SSSR count). The number of hydrogen-bond acceptors (Lipinski definition) is 7.